The lowest BCUT2D eigenvalue weighted by atomic mass is 9.80. The van der Waals surface area contributed by atoms with Gasteiger partial charge < -0.3 is 40.2 Å². The number of rotatable bonds is 14. The molecular formula is C34H35N3O8PS2-. The van der Waals surface area contributed by atoms with Crippen LogP contribution in [0.4, 0.5) is 0 Å². The molecule has 0 saturated carbocycles. The number of nitrogens with zero attached hydrogens (tertiary/aromatic N) is 2. The molecule has 0 radical (unpaired) electrons. The minimum atomic E-state index is -3.26. The second-order valence-electron chi connectivity index (χ2n) is 11.0. The van der Waals surface area contributed by atoms with Crippen LogP contribution < -0.4 is 20.7 Å². The zero-order chi connectivity index (χ0) is 34.3. The van der Waals surface area contributed by atoms with E-state index in [2.05, 4.69) is 4.98 Å². The summed E-state index contributed by atoms with van der Waals surface area (Å²) in [6.07, 6.45) is -0.645. The Kier molecular flexibility index (Phi) is 11.6. The number of nitrogens with one attached hydrogen (secondary N) is 1. The Morgan fingerprint density at radius 2 is 1.58 bits per heavy atom. The number of hydrogen-bond acceptors (Lipinski definition) is 11. The van der Waals surface area contributed by atoms with E-state index in [1.165, 1.54) is 10.8 Å². The number of aromatic nitrogens is 2. The summed E-state index contributed by atoms with van der Waals surface area (Å²) < 4.78 is 37.6. The van der Waals surface area contributed by atoms with Crippen molar-refractivity contribution < 1.29 is 28.0 Å². The van der Waals surface area contributed by atoms with E-state index in [9.17, 15) is 9.59 Å². The van der Waals surface area contributed by atoms with Crippen LogP contribution in [0.3, 0.4) is 0 Å². The molecule has 4 unspecified atom stereocenters. The predicted octanol–water partition coefficient (Wildman–Crippen LogP) is 5.25. The Bertz CT molecular complexity index is 1850. The normalized spacial score (nSPS) is 18.9. The van der Waals surface area contributed by atoms with Gasteiger partial charge in [-0.05, 0) is 47.9 Å². The fourth-order valence-corrected chi connectivity index (χ4v) is 7.65. The molecule has 2 heterocycles. The molecule has 0 spiro atoms. The van der Waals surface area contributed by atoms with E-state index in [1.807, 2.05) is 84.9 Å². The Morgan fingerprint density at radius 3 is 2.15 bits per heavy atom. The highest BCUT2D eigenvalue weighted by Gasteiger charge is 2.43. The first-order valence-electron chi connectivity index (χ1n) is 15.1. The van der Waals surface area contributed by atoms with Crippen LogP contribution >= 0.6 is 5.69 Å². The molecule has 4 aromatic rings. The SMILES string of the molecule is COc1ccc(C(OCC2OC(n3cc(C)c(=O)[nH]c3=O)CC2OP(=S)([S-])OCCC#N)(c2ccccc2)c2ccc(OC)cc2)cc1. The zero-order valence-corrected chi connectivity index (χ0v) is 29.1. The van der Waals surface area contributed by atoms with Gasteiger partial charge in [-0.25, -0.2) is 4.79 Å². The third-order valence-electron chi connectivity index (χ3n) is 8.00. The number of ether oxygens (including phenoxy) is 4. The minimum absolute atomic E-state index is 0.0279. The Morgan fingerprint density at radius 1 is 1.00 bits per heavy atom. The van der Waals surface area contributed by atoms with Crippen molar-refractivity contribution >= 4 is 29.7 Å². The molecule has 0 bridgehead atoms. The lowest BCUT2D eigenvalue weighted by molar-refractivity contribution is -0.0915. The van der Waals surface area contributed by atoms with Gasteiger partial charge in [-0.15, -0.1) is 0 Å². The number of hydrogen-bond donors (Lipinski definition) is 1. The Hall–Kier alpha value is -3.73. The van der Waals surface area contributed by atoms with E-state index < -0.39 is 41.0 Å². The zero-order valence-electron chi connectivity index (χ0n) is 26.6. The van der Waals surface area contributed by atoms with Gasteiger partial charge in [-0.3, -0.25) is 14.3 Å². The molecule has 1 fully saturated rings. The maximum absolute atomic E-state index is 12.9. The highest BCUT2D eigenvalue weighted by molar-refractivity contribution is 8.51. The molecule has 48 heavy (non-hydrogen) atoms. The summed E-state index contributed by atoms with van der Waals surface area (Å²) in [5.41, 5.74) is -2.73. The molecule has 1 saturated heterocycles. The maximum Gasteiger partial charge on any atom is 0.330 e. The Labute approximate surface area is 288 Å². The summed E-state index contributed by atoms with van der Waals surface area (Å²) in [6.45, 7) is 1.59. The van der Waals surface area contributed by atoms with Crippen LogP contribution in [-0.2, 0) is 48.2 Å². The maximum atomic E-state index is 12.9. The highest BCUT2D eigenvalue weighted by atomic mass is 32.9. The number of aryl methyl sites for hydroxylation is 1. The number of nitriles is 1. The molecule has 252 valence electrons. The first kappa shape index (κ1) is 35.6. The smallest absolute Gasteiger partial charge is 0.330 e. The van der Waals surface area contributed by atoms with E-state index in [-0.39, 0.29) is 26.1 Å². The average Bonchev–Trinajstić information content (AvgIpc) is 3.48. The van der Waals surface area contributed by atoms with E-state index in [0.29, 0.717) is 17.1 Å². The summed E-state index contributed by atoms with van der Waals surface area (Å²) in [5, 5.41) is 8.97. The first-order chi connectivity index (χ1) is 23.1. The van der Waals surface area contributed by atoms with Crippen molar-refractivity contribution in [3.8, 4) is 17.6 Å². The van der Waals surface area contributed by atoms with Gasteiger partial charge in [-0.2, -0.15) is 5.26 Å². The van der Waals surface area contributed by atoms with Crippen LogP contribution in [0.2, 0.25) is 0 Å². The van der Waals surface area contributed by atoms with Gasteiger partial charge in [0, 0.05) is 18.2 Å². The molecule has 14 heteroatoms. The molecule has 1 aliphatic heterocycles. The quantitative estimate of drug-likeness (QED) is 0.0798. The van der Waals surface area contributed by atoms with Crippen LogP contribution in [0.1, 0.15) is 41.3 Å². The largest absolute Gasteiger partial charge is 0.691 e. The van der Waals surface area contributed by atoms with Crippen molar-refractivity contribution in [3.05, 3.63) is 128 Å². The van der Waals surface area contributed by atoms with Gasteiger partial charge in [0.15, 0.2) is 0 Å². The van der Waals surface area contributed by atoms with Crippen molar-refractivity contribution in [2.75, 3.05) is 27.4 Å². The van der Waals surface area contributed by atoms with Crippen molar-refractivity contribution in [1.29, 1.82) is 5.26 Å². The van der Waals surface area contributed by atoms with Crippen LogP contribution in [0.15, 0.2) is 94.6 Å². The van der Waals surface area contributed by atoms with Crippen molar-refractivity contribution in [2.45, 2.75) is 43.8 Å². The van der Waals surface area contributed by atoms with Crippen LogP contribution in [0.5, 0.6) is 11.5 Å². The predicted molar refractivity (Wildman–Crippen MR) is 186 cm³/mol. The molecule has 3 aromatic carbocycles. The van der Waals surface area contributed by atoms with Crippen LogP contribution in [0.25, 0.3) is 0 Å². The average molecular weight is 709 g/mol. The number of benzene rings is 3. The Balaban J connectivity index is 1.57. The molecule has 11 nitrogen and oxygen atoms in total. The topological polar surface area (TPSA) is 134 Å². The lowest BCUT2D eigenvalue weighted by Crippen LogP contribution is -2.38. The molecule has 5 rings (SSSR count). The molecule has 4 atom stereocenters. The highest BCUT2D eigenvalue weighted by Crippen LogP contribution is 2.51. The summed E-state index contributed by atoms with van der Waals surface area (Å²) in [7, 11) is 3.21. The van der Waals surface area contributed by atoms with Gasteiger partial charge in [0.2, 0.25) is 0 Å². The second-order valence-corrected chi connectivity index (χ2v) is 15.9. The fourth-order valence-electron chi connectivity index (χ4n) is 5.61. The summed E-state index contributed by atoms with van der Waals surface area (Å²) in [5.74, 6) is 1.36. The summed E-state index contributed by atoms with van der Waals surface area (Å²) >= 11 is 11.1. The van der Waals surface area contributed by atoms with Crippen molar-refractivity contribution in [3.63, 3.8) is 0 Å². The molecule has 0 aliphatic carbocycles. The standard InChI is InChI=1S/C34H36N3O8PS2/c1-23-21-37(33(39)36-32(23)38)31-20-29(45-46(47,48)43-19-7-18-35)30(44-31)22-42-34(24-8-5-4-6-9-24,25-10-14-27(40-2)15-11-25)26-12-16-28(41-3)17-13-26/h4-6,8-17,21,29-31H,7,19-20,22H2,1-3H3,(H,47,48)(H,36,38,39)/p-1. The third-order valence-corrected chi connectivity index (χ3v) is 10.2. The third kappa shape index (κ3) is 7.93. The first-order valence-corrected chi connectivity index (χ1v) is 18.7. The molecule has 1 aromatic heterocycles. The number of methoxy groups -OCH3 is 2. The lowest BCUT2D eigenvalue weighted by Gasteiger charge is -2.38. The van der Waals surface area contributed by atoms with Gasteiger partial charge in [0.25, 0.3) is 5.56 Å². The monoisotopic (exact) mass is 708 g/mol. The summed E-state index contributed by atoms with van der Waals surface area (Å²) in [6, 6.07) is 27.0. The molecule has 0 amide bonds. The van der Waals surface area contributed by atoms with E-state index in [4.69, 9.17) is 57.3 Å². The van der Waals surface area contributed by atoms with E-state index in [1.54, 1.807) is 21.1 Å². The molecular weight excluding hydrogens is 673 g/mol. The van der Waals surface area contributed by atoms with Crippen LogP contribution in [-0.4, -0.2) is 49.2 Å². The van der Waals surface area contributed by atoms with Gasteiger partial charge in [0.1, 0.15) is 29.4 Å². The summed E-state index contributed by atoms with van der Waals surface area (Å²) in [4.78, 5) is 27.3. The fraction of sp³-hybridized carbons (Fsp3) is 0.324. The van der Waals surface area contributed by atoms with E-state index >= 15 is 0 Å². The minimum Gasteiger partial charge on any atom is -0.691 e. The number of H-pyrrole nitrogens is 1. The van der Waals surface area contributed by atoms with Crippen molar-refractivity contribution in [1.82, 2.24) is 9.55 Å². The second kappa shape index (κ2) is 15.7. The van der Waals surface area contributed by atoms with Gasteiger partial charge in [-0.1, -0.05) is 66.4 Å². The van der Waals surface area contributed by atoms with Gasteiger partial charge in [0.05, 0.1) is 51.7 Å². The van der Waals surface area contributed by atoms with Crippen LogP contribution in [0, 0.1) is 18.3 Å². The van der Waals surface area contributed by atoms with Gasteiger partial charge >= 0.3 is 5.69 Å². The number of aromatic amines is 1. The molecule has 1 N–H and O–H groups in total. The van der Waals surface area contributed by atoms with E-state index in [0.717, 1.165) is 16.7 Å². The molecule has 1 aliphatic rings. The van der Waals surface area contributed by atoms with Crippen molar-refractivity contribution in [2.24, 2.45) is 0 Å².